The van der Waals surface area contributed by atoms with Crippen LogP contribution in [0.1, 0.15) is 0 Å². The molecule has 0 aliphatic heterocycles. The summed E-state index contributed by atoms with van der Waals surface area (Å²) in [5.74, 6) is 1.74. The average molecular weight is 290 g/mol. The smallest absolute Gasteiger partial charge is 0.180 e. The number of hydrogen-bond donors (Lipinski definition) is 0. The molecule has 0 fully saturated rings. The molecule has 17 heavy (non-hydrogen) atoms. The molecule has 0 aromatic heterocycles. The molecule has 0 aliphatic rings. The van der Waals surface area contributed by atoms with E-state index in [-0.39, 0.29) is 0 Å². The fraction of sp³-hybridized carbons (Fsp3) is 0.0769. The summed E-state index contributed by atoms with van der Waals surface area (Å²) in [7, 11) is 0. The zero-order valence-corrected chi connectivity index (χ0v) is 11.2. The van der Waals surface area contributed by atoms with Crippen molar-refractivity contribution in [1.82, 2.24) is 0 Å². The third-order valence-electron chi connectivity index (χ3n) is 1.72. The maximum atomic E-state index is 5.58. The number of alkyl halides is 3. The van der Waals surface area contributed by atoms with E-state index in [0.29, 0.717) is 0 Å². The van der Waals surface area contributed by atoms with E-state index in [4.69, 9.17) is 39.5 Å². The number of benzene rings is 2. The van der Waals surface area contributed by atoms with Crippen LogP contribution in [-0.2, 0) is 0 Å². The van der Waals surface area contributed by atoms with Gasteiger partial charge in [0.15, 0.2) is 4.30 Å². The van der Waals surface area contributed by atoms with Crippen LogP contribution in [-0.4, -0.2) is 4.30 Å². The minimum Gasteiger partial charge on any atom is -0.457 e. The second kappa shape index (κ2) is 8.24. The molecule has 4 heteroatoms. The Bertz CT molecular complexity index is 363. The summed E-state index contributed by atoms with van der Waals surface area (Å²) in [6.07, 6.45) is 0. The molecule has 2 aromatic carbocycles. The molecule has 0 unspecified atom stereocenters. The number of para-hydroxylation sites is 2. The Hall–Kier alpha value is -0.890. The minimum atomic E-state index is -0.750. The quantitative estimate of drug-likeness (QED) is 0.667. The second-order valence-electron chi connectivity index (χ2n) is 2.98. The van der Waals surface area contributed by atoms with E-state index in [2.05, 4.69) is 0 Å². The Balaban J connectivity index is 0.000000317. The zero-order chi connectivity index (χ0) is 12.5. The lowest BCUT2D eigenvalue weighted by Gasteiger charge is -2.03. The SMILES string of the molecule is ClC(Cl)Cl.c1ccc(Oc2ccccc2)cc1. The third-order valence-corrected chi connectivity index (χ3v) is 1.72. The summed E-state index contributed by atoms with van der Waals surface area (Å²) in [6, 6.07) is 19.5. The van der Waals surface area contributed by atoms with Crippen LogP contribution in [0.15, 0.2) is 60.7 Å². The molecule has 2 aromatic rings. The first kappa shape index (κ1) is 14.2. The highest BCUT2D eigenvalue weighted by molar-refractivity contribution is 6.63. The van der Waals surface area contributed by atoms with Crippen molar-refractivity contribution in [2.75, 3.05) is 0 Å². The maximum Gasteiger partial charge on any atom is 0.180 e. The number of halogens is 3. The van der Waals surface area contributed by atoms with Crippen molar-refractivity contribution in [2.24, 2.45) is 0 Å². The fourth-order valence-electron chi connectivity index (χ4n) is 1.11. The van der Waals surface area contributed by atoms with Gasteiger partial charge in [-0.2, -0.15) is 0 Å². The van der Waals surface area contributed by atoms with Crippen LogP contribution < -0.4 is 4.74 Å². The Morgan fingerprint density at radius 2 is 0.941 bits per heavy atom. The van der Waals surface area contributed by atoms with E-state index in [0.717, 1.165) is 11.5 Å². The van der Waals surface area contributed by atoms with Crippen molar-refractivity contribution in [3.63, 3.8) is 0 Å². The van der Waals surface area contributed by atoms with E-state index >= 15 is 0 Å². The molecular weight excluding hydrogens is 279 g/mol. The fourth-order valence-corrected chi connectivity index (χ4v) is 1.11. The average Bonchev–Trinajstić information content (AvgIpc) is 2.31. The van der Waals surface area contributed by atoms with Crippen LogP contribution in [0.25, 0.3) is 0 Å². The van der Waals surface area contributed by atoms with E-state index in [1.807, 2.05) is 60.7 Å². The van der Waals surface area contributed by atoms with Gasteiger partial charge in [-0.1, -0.05) is 71.2 Å². The van der Waals surface area contributed by atoms with E-state index in [1.165, 1.54) is 0 Å². The second-order valence-corrected chi connectivity index (χ2v) is 4.96. The molecule has 0 spiro atoms. The summed E-state index contributed by atoms with van der Waals surface area (Å²) < 4.78 is 4.83. The predicted octanol–water partition coefficient (Wildman–Crippen LogP) is 5.47. The van der Waals surface area contributed by atoms with Crippen molar-refractivity contribution >= 4 is 34.8 Å². The highest BCUT2D eigenvalue weighted by atomic mass is 35.6. The molecule has 0 heterocycles. The maximum absolute atomic E-state index is 5.58. The van der Waals surface area contributed by atoms with Crippen LogP contribution in [0, 0.1) is 0 Å². The molecule has 0 saturated carbocycles. The Morgan fingerprint density at radius 1 is 0.647 bits per heavy atom. The largest absolute Gasteiger partial charge is 0.457 e. The molecule has 0 radical (unpaired) electrons. The van der Waals surface area contributed by atoms with Crippen LogP contribution in [0.3, 0.4) is 0 Å². The molecule has 0 N–H and O–H groups in total. The minimum absolute atomic E-state index is 0.750. The summed E-state index contributed by atoms with van der Waals surface area (Å²) in [6.45, 7) is 0. The molecule has 0 bridgehead atoms. The van der Waals surface area contributed by atoms with Gasteiger partial charge in [-0.05, 0) is 24.3 Å². The third kappa shape index (κ3) is 7.11. The summed E-state index contributed by atoms with van der Waals surface area (Å²) in [5.41, 5.74) is 0. The lowest BCUT2D eigenvalue weighted by molar-refractivity contribution is 0.482. The number of rotatable bonds is 2. The number of hydrogen-bond acceptors (Lipinski definition) is 1. The Morgan fingerprint density at radius 3 is 1.24 bits per heavy atom. The van der Waals surface area contributed by atoms with Gasteiger partial charge >= 0.3 is 0 Å². The van der Waals surface area contributed by atoms with Gasteiger partial charge in [0.2, 0.25) is 0 Å². The monoisotopic (exact) mass is 288 g/mol. The van der Waals surface area contributed by atoms with E-state index < -0.39 is 4.30 Å². The molecule has 90 valence electrons. The lowest BCUT2D eigenvalue weighted by Crippen LogP contribution is -1.81. The molecular formula is C13H11Cl3O. The predicted molar refractivity (Wildman–Crippen MR) is 74.3 cm³/mol. The Kier molecular flexibility index (Phi) is 6.87. The first-order chi connectivity index (χ1) is 8.18. The van der Waals surface area contributed by atoms with Crippen molar-refractivity contribution in [1.29, 1.82) is 0 Å². The Labute approximate surface area is 116 Å². The van der Waals surface area contributed by atoms with Gasteiger partial charge in [-0.3, -0.25) is 0 Å². The van der Waals surface area contributed by atoms with Gasteiger partial charge in [-0.15, -0.1) is 0 Å². The summed E-state index contributed by atoms with van der Waals surface area (Å²) in [4.78, 5) is 0. The van der Waals surface area contributed by atoms with Gasteiger partial charge in [0.05, 0.1) is 0 Å². The van der Waals surface area contributed by atoms with Crippen molar-refractivity contribution in [2.45, 2.75) is 4.30 Å². The highest BCUT2D eigenvalue weighted by Crippen LogP contribution is 2.19. The topological polar surface area (TPSA) is 9.23 Å². The molecule has 0 atom stereocenters. The van der Waals surface area contributed by atoms with Gasteiger partial charge in [0.25, 0.3) is 0 Å². The van der Waals surface area contributed by atoms with Gasteiger partial charge in [-0.25, -0.2) is 0 Å². The van der Waals surface area contributed by atoms with E-state index in [1.54, 1.807) is 0 Å². The van der Waals surface area contributed by atoms with Crippen molar-refractivity contribution in [3.05, 3.63) is 60.7 Å². The summed E-state index contributed by atoms with van der Waals surface area (Å²) in [5, 5.41) is 0. The van der Waals surface area contributed by atoms with Crippen LogP contribution in [0.4, 0.5) is 0 Å². The first-order valence-corrected chi connectivity index (χ1v) is 6.19. The van der Waals surface area contributed by atoms with Gasteiger partial charge < -0.3 is 4.74 Å². The van der Waals surface area contributed by atoms with Gasteiger partial charge in [0, 0.05) is 0 Å². The van der Waals surface area contributed by atoms with Crippen molar-refractivity contribution in [3.8, 4) is 11.5 Å². The highest BCUT2D eigenvalue weighted by Gasteiger charge is 1.92. The number of ether oxygens (including phenoxy) is 1. The van der Waals surface area contributed by atoms with Gasteiger partial charge in [0.1, 0.15) is 11.5 Å². The lowest BCUT2D eigenvalue weighted by atomic mass is 10.3. The molecule has 0 amide bonds. The zero-order valence-electron chi connectivity index (χ0n) is 8.89. The molecule has 2 rings (SSSR count). The van der Waals surface area contributed by atoms with Crippen LogP contribution in [0.5, 0.6) is 11.5 Å². The summed E-state index contributed by atoms with van der Waals surface area (Å²) >= 11 is 14.4. The molecule has 0 saturated heterocycles. The molecule has 1 nitrogen and oxygen atoms in total. The standard InChI is InChI=1S/C12H10O.CHCl3/c1-3-7-11(8-4-1)13-12-9-5-2-6-10-12;2-1(3)4/h1-10H;1H. The first-order valence-electron chi connectivity index (χ1n) is 4.88. The van der Waals surface area contributed by atoms with Crippen LogP contribution >= 0.6 is 34.8 Å². The van der Waals surface area contributed by atoms with E-state index in [9.17, 15) is 0 Å². The normalized spacial score (nSPS) is 9.41. The van der Waals surface area contributed by atoms with Crippen molar-refractivity contribution < 1.29 is 4.74 Å². The van der Waals surface area contributed by atoms with Crippen LogP contribution in [0.2, 0.25) is 0 Å². The molecule has 0 aliphatic carbocycles.